The van der Waals surface area contributed by atoms with Crippen molar-refractivity contribution in [2.24, 2.45) is 4.99 Å². The molecule has 0 saturated carbocycles. The van der Waals surface area contributed by atoms with Crippen LogP contribution in [0.4, 0.5) is 0 Å². The van der Waals surface area contributed by atoms with E-state index in [0.29, 0.717) is 32.1 Å². The lowest BCUT2D eigenvalue weighted by Crippen LogP contribution is -2.40. The Labute approximate surface area is 222 Å². The number of benzene rings is 2. The summed E-state index contributed by atoms with van der Waals surface area (Å²) >= 11 is 1.26. The molecular weight excluding hydrogens is 502 g/mol. The second-order valence-corrected chi connectivity index (χ2v) is 9.34. The Morgan fingerprint density at radius 3 is 2.53 bits per heavy atom. The highest BCUT2D eigenvalue weighted by molar-refractivity contribution is 7.07. The number of methoxy groups -OCH3 is 2. The van der Waals surface area contributed by atoms with Crippen LogP contribution in [-0.4, -0.2) is 36.3 Å². The molecule has 1 atom stereocenters. The molecule has 0 spiro atoms. The van der Waals surface area contributed by atoms with Crippen molar-refractivity contribution in [3.8, 4) is 11.5 Å². The van der Waals surface area contributed by atoms with Crippen molar-refractivity contribution in [2.75, 3.05) is 20.8 Å². The fraction of sp³-hybridized carbons (Fsp3) is 0.172. The van der Waals surface area contributed by atoms with Crippen LogP contribution in [0.2, 0.25) is 0 Å². The first kappa shape index (κ1) is 25.2. The minimum absolute atomic E-state index is 0.175. The largest absolute Gasteiger partial charge is 0.493 e. The highest BCUT2D eigenvalue weighted by Crippen LogP contribution is 2.38. The predicted octanol–water partition coefficient (Wildman–Crippen LogP) is 3.35. The number of aromatic nitrogens is 2. The highest BCUT2D eigenvalue weighted by atomic mass is 32.1. The monoisotopic (exact) mass is 527 g/mol. The first-order valence-electron chi connectivity index (χ1n) is 12.0. The zero-order valence-electron chi connectivity index (χ0n) is 21.1. The number of pyridine rings is 1. The van der Waals surface area contributed by atoms with Crippen LogP contribution in [-0.2, 0) is 9.53 Å². The molecule has 1 aliphatic heterocycles. The second-order valence-electron chi connectivity index (χ2n) is 8.33. The van der Waals surface area contributed by atoms with Gasteiger partial charge in [0.05, 0.1) is 42.7 Å². The van der Waals surface area contributed by atoms with Gasteiger partial charge in [0.25, 0.3) is 5.56 Å². The summed E-state index contributed by atoms with van der Waals surface area (Å²) in [5.41, 5.74) is 2.64. The van der Waals surface area contributed by atoms with E-state index in [-0.39, 0.29) is 17.7 Å². The number of carbonyl (C=O) groups is 1. The number of hydrogen-bond acceptors (Lipinski definition) is 8. The van der Waals surface area contributed by atoms with Gasteiger partial charge >= 0.3 is 5.97 Å². The molecule has 0 saturated heterocycles. The molecule has 0 amide bonds. The summed E-state index contributed by atoms with van der Waals surface area (Å²) in [4.78, 5) is 36.9. The average Bonchev–Trinajstić information content (AvgIpc) is 3.27. The molecule has 0 fully saturated rings. The van der Waals surface area contributed by atoms with Gasteiger partial charge in [0.1, 0.15) is 0 Å². The van der Waals surface area contributed by atoms with Gasteiger partial charge < -0.3 is 14.2 Å². The Balaban J connectivity index is 1.85. The van der Waals surface area contributed by atoms with Gasteiger partial charge in [-0.15, -0.1) is 0 Å². The third-order valence-corrected chi connectivity index (χ3v) is 7.06. The second kappa shape index (κ2) is 10.9. The molecule has 8 nitrogen and oxygen atoms in total. The maximum absolute atomic E-state index is 13.9. The van der Waals surface area contributed by atoms with Gasteiger partial charge in [0.15, 0.2) is 16.3 Å². The summed E-state index contributed by atoms with van der Waals surface area (Å²) in [5.74, 6) is 0.463. The van der Waals surface area contributed by atoms with Gasteiger partial charge in [0, 0.05) is 18.0 Å². The van der Waals surface area contributed by atoms with Gasteiger partial charge in [0.2, 0.25) is 0 Å². The van der Waals surface area contributed by atoms with Crippen molar-refractivity contribution < 1.29 is 19.0 Å². The molecule has 2 aromatic heterocycles. The highest BCUT2D eigenvalue weighted by Gasteiger charge is 2.35. The molecule has 0 bridgehead atoms. The molecule has 0 radical (unpaired) electrons. The van der Waals surface area contributed by atoms with Crippen LogP contribution in [0, 0.1) is 0 Å². The molecule has 5 rings (SSSR count). The van der Waals surface area contributed by atoms with Crippen LogP contribution in [0.25, 0.3) is 11.8 Å². The van der Waals surface area contributed by atoms with Crippen molar-refractivity contribution in [3.05, 3.63) is 115 Å². The third kappa shape index (κ3) is 4.64. The van der Waals surface area contributed by atoms with E-state index in [9.17, 15) is 9.59 Å². The molecule has 9 heteroatoms. The van der Waals surface area contributed by atoms with Gasteiger partial charge in [-0.05, 0) is 42.3 Å². The molecule has 0 N–H and O–H groups in total. The number of nitrogens with zero attached hydrogens (tertiary/aromatic N) is 3. The van der Waals surface area contributed by atoms with Gasteiger partial charge in [-0.2, -0.15) is 0 Å². The fourth-order valence-electron chi connectivity index (χ4n) is 4.39. The van der Waals surface area contributed by atoms with Gasteiger partial charge in [-0.3, -0.25) is 14.3 Å². The summed E-state index contributed by atoms with van der Waals surface area (Å²) < 4.78 is 18.5. The van der Waals surface area contributed by atoms with Gasteiger partial charge in [-0.1, -0.05) is 53.8 Å². The number of carbonyl (C=O) groups excluding carboxylic acids is 1. The summed E-state index contributed by atoms with van der Waals surface area (Å²) in [5, 5.41) is 0. The van der Waals surface area contributed by atoms with Crippen LogP contribution in [0.1, 0.15) is 29.7 Å². The lowest BCUT2D eigenvalue weighted by atomic mass is 9.93. The Hall–Kier alpha value is -4.50. The van der Waals surface area contributed by atoms with E-state index in [1.165, 1.54) is 11.3 Å². The first-order chi connectivity index (χ1) is 18.5. The van der Waals surface area contributed by atoms with Crippen molar-refractivity contribution in [2.45, 2.75) is 13.0 Å². The molecule has 4 aromatic rings. The lowest BCUT2D eigenvalue weighted by Gasteiger charge is -2.26. The van der Waals surface area contributed by atoms with Crippen molar-refractivity contribution in [1.29, 1.82) is 0 Å². The minimum Gasteiger partial charge on any atom is -0.493 e. The maximum atomic E-state index is 13.9. The lowest BCUT2D eigenvalue weighted by molar-refractivity contribution is -0.138. The summed E-state index contributed by atoms with van der Waals surface area (Å²) in [7, 11) is 3.09. The minimum atomic E-state index is -0.809. The quantitative estimate of drug-likeness (QED) is 0.343. The molecule has 38 heavy (non-hydrogen) atoms. The molecule has 0 aliphatic carbocycles. The molecule has 3 heterocycles. The van der Waals surface area contributed by atoms with E-state index < -0.39 is 12.0 Å². The number of thiazole rings is 1. The fourth-order valence-corrected chi connectivity index (χ4v) is 5.39. The van der Waals surface area contributed by atoms with Crippen LogP contribution >= 0.6 is 11.3 Å². The smallest absolute Gasteiger partial charge is 0.338 e. The normalized spacial score (nSPS) is 15.0. The molecule has 0 unspecified atom stereocenters. The van der Waals surface area contributed by atoms with E-state index in [1.54, 1.807) is 56.3 Å². The van der Waals surface area contributed by atoms with Crippen molar-refractivity contribution in [3.63, 3.8) is 0 Å². The Bertz CT molecular complexity index is 1690. The van der Waals surface area contributed by atoms with Crippen molar-refractivity contribution in [1.82, 2.24) is 9.55 Å². The SMILES string of the molecule is CCOC(=O)C1=C(c2ccccc2)N=c2s/c(=C\c3cccnc3)c(=O)n2[C@@H]1c1ccc(OC)c(OC)c1. The Morgan fingerprint density at radius 1 is 1.05 bits per heavy atom. The Morgan fingerprint density at radius 2 is 1.84 bits per heavy atom. The zero-order valence-corrected chi connectivity index (χ0v) is 21.9. The van der Waals surface area contributed by atoms with Crippen LogP contribution in [0.3, 0.4) is 0 Å². The molecular formula is C29H25N3O5S. The summed E-state index contributed by atoms with van der Waals surface area (Å²) in [6.07, 6.45) is 5.13. The van der Waals surface area contributed by atoms with E-state index in [1.807, 2.05) is 48.5 Å². The van der Waals surface area contributed by atoms with Gasteiger partial charge in [-0.25, -0.2) is 9.79 Å². The Kier molecular flexibility index (Phi) is 7.19. The number of ether oxygens (including phenoxy) is 3. The topological polar surface area (TPSA) is 92.0 Å². The number of fused-ring (bicyclic) bond motifs is 1. The summed E-state index contributed by atoms with van der Waals surface area (Å²) in [6.45, 7) is 1.92. The van der Waals surface area contributed by atoms with E-state index >= 15 is 0 Å². The molecule has 192 valence electrons. The van der Waals surface area contributed by atoms with Crippen LogP contribution in [0.15, 0.2) is 88.4 Å². The maximum Gasteiger partial charge on any atom is 0.338 e. The van der Waals surface area contributed by atoms with E-state index in [2.05, 4.69) is 4.98 Å². The van der Waals surface area contributed by atoms with Crippen LogP contribution < -0.4 is 24.4 Å². The summed E-state index contributed by atoms with van der Waals surface area (Å²) in [6, 6.07) is 17.6. The third-order valence-electron chi connectivity index (χ3n) is 6.08. The number of esters is 1. The zero-order chi connectivity index (χ0) is 26.6. The average molecular weight is 528 g/mol. The molecule has 2 aromatic carbocycles. The molecule has 1 aliphatic rings. The number of hydrogen-bond donors (Lipinski definition) is 0. The van der Waals surface area contributed by atoms with Crippen LogP contribution in [0.5, 0.6) is 11.5 Å². The number of rotatable bonds is 7. The first-order valence-corrected chi connectivity index (χ1v) is 12.8. The van der Waals surface area contributed by atoms with Crippen molar-refractivity contribution >= 4 is 29.1 Å². The van der Waals surface area contributed by atoms with E-state index in [0.717, 1.165) is 11.1 Å². The predicted molar refractivity (Wildman–Crippen MR) is 145 cm³/mol. The van der Waals surface area contributed by atoms with E-state index in [4.69, 9.17) is 19.2 Å². The standard InChI is InChI=1S/C29H25N3O5S/c1-4-37-28(34)24-25(19-10-6-5-7-11-19)31-29-32(26(24)20-12-13-21(35-2)22(16-20)36-3)27(33)23(38-29)15-18-9-8-14-30-17-18/h5-17,26H,4H2,1-3H3/b23-15-/t26-/m1/s1.